The van der Waals surface area contributed by atoms with Crippen LogP contribution < -0.4 is 4.74 Å². The predicted octanol–water partition coefficient (Wildman–Crippen LogP) is 3.00. The van der Waals surface area contributed by atoms with Crippen LogP contribution in [0.25, 0.3) is 0 Å². The summed E-state index contributed by atoms with van der Waals surface area (Å²) in [6.45, 7) is 2.53. The minimum atomic E-state index is -1.06. The first-order chi connectivity index (χ1) is 11.0. The van der Waals surface area contributed by atoms with Crippen LogP contribution in [-0.2, 0) is 10.4 Å². The van der Waals surface area contributed by atoms with Crippen molar-refractivity contribution in [2.24, 2.45) is 0 Å². The molecule has 2 aliphatic rings. The summed E-state index contributed by atoms with van der Waals surface area (Å²) < 4.78 is 5.18. The number of hydrogen-bond donors (Lipinski definition) is 1. The van der Waals surface area contributed by atoms with Crippen LogP contribution in [0.5, 0.6) is 5.75 Å². The molecule has 1 aromatic carbocycles. The normalized spacial score (nSPS) is 23.2. The lowest BCUT2D eigenvalue weighted by atomic mass is 9.86. The zero-order valence-electron chi connectivity index (χ0n) is 13.9. The molecule has 4 heteroatoms. The highest BCUT2D eigenvalue weighted by molar-refractivity contribution is 5.89. The van der Waals surface area contributed by atoms with Crippen LogP contribution in [0.1, 0.15) is 44.6 Å². The molecule has 1 N–H and O–H groups in total. The van der Waals surface area contributed by atoms with Crippen LogP contribution >= 0.6 is 0 Å². The quantitative estimate of drug-likeness (QED) is 0.869. The fourth-order valence-electron chi connectivity index (χ4n) is 3.52. The number of rotatable bonds is 4. The largest absolute Gasteiger partial charge is 0.497 e. The number of benzene rings is 1. The van der Waals surface area contributed by atoms with Gasteiger partial charge in [-0.15, -0.1) is 0 Å². The van der Waals surface area contributed by atoms with Gasteiger partial charge in [-0.05, 0) is 56.7 Å². The Balaban J connectivity index is 1.80. The van der Waals surface area contributed by atoms with E-state index in [1.165, 1.54) is 12.0 Å². The summed E-state index contributed by atoms with van der Waals surface area (Å²) in [7, 11) is 1.62. The van der Waals surface area contributed by atoms with Crippen molar-refractivity contribution in [3.8, 4) is 5.75 Å². The number of allylic oxidation sites excluding steroid dienone is 1. The fourth-order valence-corrected chi connectivity index (χ4v) is 3.52. The average Bonchev–Trinajstić information content (AvgIpc) is 3.01. The smallest absolute Gasteiger partial charge is 0.246 e. The van der Waals surface area contributed by atoms with Gasteiger partial charge in [0.25, 0.3) is 0 Å². The fraction of sp³-hybridized carbons (Fsp3) is 0.526. The van der Waals surface area contributed by atoms with Crippen molar-refractivity contribution in [2.45, 2.75) is 50.7 Å². The summed E-state index contributed by atoms with van der Waals surface area (Å²) in [4.78, 5) is 14.4. The maximum absolute atomic E-state index is 12.6. The molecule has 3 rings (SSSR count). The summed E-state index contributed by atoms with van der Waals surface area (Å²) in [6, 6.07) is 7.28. The lowest BCUT2D eigenvalue weighted by Crippen LogP contribution is -2.47. The Bertz CT molecular complexity index is 598. The Kier molecular flexibility index (Phi) is 4.44. The van der Waals surface area contributed by atoms with Crippen molar-refractivity contribution in [2.75, 3.05) is 13.7 Å². The molecule has 2 atom stereocenters. The van der Waals surface area contributed by atoms with E-state index in [9.17, 15) is 9.90 Å². The topological polar surface area (TPSA) is 49.8 Å². The SMILES string of the molecule is COc1ccc([C@@](C)(O)[C@@H]2CCCN2C(=O)C=C2CCC2)cc1. The molecule has 0 bridgehead atoms. The average molecular weight is 315 g/mol. The maximum Gasteiger partial charge on any atom is 0.246 e. The molecule has 1 aliphatic carbocycles. The summed E-state index contributed by atoms with van der Waals surface area (Å²) in [5, 5.41) is 11.1. The van der Waals surface area contributed by atoms with E-state index in [1.54, 1.807) is 13.2 Å². The third-order valence-corrected chi connectivity index (χ3v) is 5.18. The van der Waals surface area contributed by atoms with E-state index in [1.807, 2.05) is 36.1 Å². The highest BCUT2D eigenvalue weighted by Crippen LogP contribution is 2.36. The van der Waals surface area contributed by atoms with E-state index in [0.29, 0.717) is 0 Å². The number of likely N-dealkylation sites (tertiary alicyclic amines) is 1. The number of nitrogens with zero attached hydrogens (tertiary/aromatic N) is 1. The Morgan fingerprint density at radius 2 is 2.00 bits per heavy atom. The molecule has 0 radical (unpaired) electrons. The molecule has 124 valence electrons. The molecule has 1 aromatic rings. The van der Waals surface area contributed by atoms with E-state index in [2.05, 4.69) is 0 Å². The van der Waals surface area contributed by atoms with Crippen molar-refractivity contribution < 1.29 is 14.6 Å². The molecular formula is C19H25NO3. The molecule has 1 saturated heterocycles. The van der Waals surface area contributed by atoms with Crippen molar-refractivity contribution in [1.82, 2.24) is 4.90 Å². The number of ether oxygens (including phenoxy) is 1. The van der Waals surface area contributed by atoms with E-state index in [-0.39, 0.29) is 11.9 Å². The van der Waals surface area contributed by atoms with Crippen LogP contribution in [0.15, 0.2) is 35.9 Å². The van der Waals surface area contributed by atoms with Crippen molar-refractivity contribution in [3.63, 3.8) is 0 Å². The van der Waals surface area contributed by atoms with Crippen LogP contribution in [0, 0.1) is 0 Å². The van der Waals surface area contributed by atoms with Crippen LogP contribution in [-0.4, -0.2) is 35.6 Å². The Morgan fingerprint density at radius 3 is 2.57 bits per heavy atom. The first-order valence-electron chi connectivity index (χ1n) is 8.39. The predicted molar refractivity (Wildman–Crippen MR) is 89.2 cm³/mol. The summed E-state index contributed by atoms with van der Waals surface area (Å²) in [5.41, 5.74) is 1.00. The third-order valence-electron chi connectivity index (χ3n) is 5.18. The minimum absolute atomic E-state index is 0.0518. The lowest BCUT2D eigenvalue weighted by molar-refractivity contribution is -0.132. The first-order valence-corrected chi connectivity index (χ1v) is 8.39. The number of carbonyl (C=O) groups excluding carboxylic acids is 1. The molecule has 0 unspecified atom stereocenters. The van der Waals surface area contributed by atoms with Gasteiger partial charge in [0.15, 0.2) is 0 Å². The Morgan fingerprint density at radius 1 is 1.30 bits per heavy atom. The van der Waals surface area contributed by atoms with Gasteiger partial charge in [0.1, 0.15) is 11.4 Å². The van der Waals surface area contributed by atoms with E-state index in [4.69, 9.17) is 4.74 Å². The number of carbonyl (C=O) groups is 1. The van der Waals surface area contributed by atoms with Gasteiger partial charge in [0.05, 0.1) is 13.2 Å². The lowest BCUT2D eigenvalue weighted by Gasteiger charge is -2.37. The molecule has 1 saturated carbocycles. The highest BCUT2D eigenvalue weighted by atomic mass is 16.5. The Labute approximate surface area is 137 Å². The molecule has 4 nitrogen and oxygen atoms in total. The van der Waals surface area contributed by atoms with Crippen molar-refractivity contribution in [3.05, 3.63) is 41.5 Å². The molecule has 1 heterocycles. The van der Waals surface area contributed by atoms with Gasteiger partial charge in [-0.2, -0.15) is 0 Å². The van der Waals surface area contributed by atoms with Gasteiger partial charge >= 0.3 is 0 Å². The second kappa shape index (κ2) is 6.36. The van der Waals surface area contributed by atoms with E-state index >= 15 is 0 Å². The monoisotopic (exact) mass is 315 g/mol. The van der Waals surface area contributed by atoms with Crippen molar-refractivity contribution >= 4 is 5.91 Å². The zero-order valence-corrected chi connectivity index (χ0v) is 13.9. The number of aliphatic hydroxyl groups is 1. The Hall–Kier alpha value is -1.81. The van der Waals surface area contributed by atoms with E-state index in [0.717, 1.165) is 43.5 Å². The van der Waals surface area contributed by atoms with Gasteiger partial charge in [-0.1, -0.05) is 17.7 Å². The number of methoxy groups -OCH3 is 1. The summed E-state index contributed by atoms with van der Waals surface area (Å²) in [6.07, 6.45) is 6.82. The third kappa shape index (κ3) is 3.13. The standard InChI is InChI=1S/C19H25NO3/c1-19(22,15-8-10-16(23-2)11-9-15)17-7-4-12-20(17)18(21)13-14-5-3-6-14/h8-11,13,17,22H,3-7,12H2,1-2H3/t17-,19+/m0/s1. The van der Waals surface area contributed by atoms with Gasteiger partial charge in [-0.3, -0.25) is 4.79 Å². The summed E-state index contributed by atoms with van der Waals surface area (Å²) >= 11 is 0. The first kappa shape index (κ1) is 16.1. The highest BCUT2D eigenvalue weighted by Gasteiger charge is 2.42. The second-order valence-corrected chi connectivity index (χ2v) is 6.72. The molecule has 23 heavy (non-hydrogen) atoms. The van der Waals surface area contributed by atoms with Crippen molar-refractivity contribution in [1.29, 1.82) is 0 Å². The van der Waals surface area contributed by atoms with Crippen LogP contribution in [0.3, 0.4) is 0 Å². The summed E-state index contributed by atoms with van der Waals surface area (Å²) in [5.74, 6) is 0.814. The second-order valence-electron chi connectivity index (χ2n) is 6.72. The minimum Gasteiger partial charge on any atom is -0.497 e. The number of amides is 1. The van der Waals surface area contributed by atoms with Crippen LogP contribution in [0.2, 0.25) is 0 Å². The van der Waals surface area contributed by atoms with Gasteiger partial charge in [0.2, 0.25) is 5.91 Å². The maximum atomic E-state index is 12.6. The molecular weight excluding hydrogens is 290 g/mol. The molecule has 1 aliphatic heterocycles. The van der Waals surface area contributed by atoms with Crippen LogP contribution in [0.4, 0.5) is 0 Å². The van der Waals surface area contributed by atoms with Gasteiger partial charge in [0, 0.05) is 12.6 Å². The molecule has 2 fully saturated rings. The number of hydrogen-bond acceptors (Lipinski definition) is 3. The van der Waals surface area contributed by atoms with Gasteiger partial charge < -0.3 is 14.7 Å². The zero-order chi connectivity index (χ0) is 16.4. The van der Waals surface area contributed by atoms with Gasteiger partial charge in [-0.25, -0.2) is 0 Å². The molecule has 0 aromatic heterocycles. The molecule has 0 spiro atoms. The molecule has 1 amide bonds. The van der Waals surface area contributed by atoms with E-state index < -0.39 is 5.60 Å².